The Morgan fingerprint density at radius 3 is 2.56 bits per heavy atom. The summed E-state index contributed by atoms with van der Waals surface area (Å²) >= 11 is 1.06. The van der Waals surface area contributed by atoms with E-state index in [9.17, 15) is 9.59 Å². The number of nitrogens with one attached hydrogen (secondary N) is 1. The second kappa shape index (κ2) is 6.17. The highest BCUT2D eigenvalue weighted by Crippen LogP contribution is 2.12. The fourth-order valence-corrected chi connectivity index (χ4v) is 1.75. The molecule has 1 aromatic rings. The Bertz CT molecular complexity index is 367. The lowest BCUT2D eigenvalue weighted by Gasteiger charge is -2.08. The van der Waals surface area contributed by atoms with Crippen molar-refractivity contribution in [2.75, 3.05) is 0 Å². The van der Waals surface area contributed by atoms with Crippen molar-refractivity contribution >= 4 is 23.0 Å². The van der Waals surface area contributed by atoms with Gasteiger partial charge >= 0.3 is 5.97 Å². The van der Waals surface area contributed by atoms with Crippen molar-refractivity contribution in [3.8, 4) is 0 Å². The van der Waals surface area contributed by atoms with Gasteiger partial charge in [-0.15, -0.1) is 0 Å². The summed E-state index contributed by atoms with van der Waals surface area (Å²) in [5, 5.41) is 10.6. The van der Waals surface area contributed by atoms with E-state index in [1.165, 1.54) is 6.92 Å². The van der Waals surface area contributed by atoms with E-state index >= 15 is 0 Å². The Kier molecular flexibility index (Phi) is 4.85. The van der Waals surface area contributed by atoms with Crippen LogP contribution in [0.15, 0.2) is 30.3 Å². The molecule has 2 N–H and O–H groups in total. The summed E-state index contributed by atoms with van der Waals surface area (Å²) in [4.78, 5) is 21.8. The lowest BCUT2D eigenvalue weighted by atomic mass is 10.2. The molecule has 86 valence electrons. The molecule has 0 aliphatic heterocycles. The van der Waals surface area contributed by atoms with Gasteiger partial charge in [0.2, 0.25) is 0 Å². The standard InChI is InChI=1S/C11H13NO3S/c1-8(10(13)14)12-11(15)16-7-9-5-3-2-4-6-9/h2-6,8H,7H2,1H3,(H,12,15)(H,13,14). The Labute approximate surface area is 98.0 Å². The molecule has 1 amide bonds. The summed E-state index contributed by atoms with van der Waals surface area (Å²) in [5.41, 5.74) is 1.03. The minimum atomic E-state index is -1.03. The smallest absolute Gasteiger partial charge is 0.325 e. The van der Waals surface area contributed by atoms with Crippen molar-refractivity contribution in [1.29, 1.82) is 0 Å². The molecule has 0 spiro atoms. The first kappa shape index (κ1) is 12.6. The van der Waals surface area contributed by atoms with Gasteiger partial charge in [-0.1, -0.05) is 42.1 Å². The van der Waals surface area contributed by atoms with Crippen molar-refractivity contribution in [2.45, 2.75) is 18.7 Å². The lowest BCUT2D eigenvalue weighted by Crippen LogP contribution is -2.36. The molecule has 0 aliphatic carbocycles. The highest BCUT2D eigenvalue weighted by Gasteiger charge is 2.13. The summed E-state index contributed by atoms with van der Waals surface area (Å²) in [6.45, 7) is 1.43. The third kappa shape index (κ3) is 4.35. The fraction of sp³-hybridized carbons (Fsp3) is 0.273. The molecule has 1 unspecified atom stereocenters. The first-order chi connectivity index (χ1) is 7.59. The number of carboxylic acids is 1. The number of carbonyl (C=O) groups is 2. The molecule has 0 aliphatic rings. The summed E-state index contributed by atoms with van der Waals surface area (Å²) in [7, 11) is 0. The third-order valence-corrected chi connectivity index (χ3v) is 2.78. The van der Waals surface area contributed by atoms with Gasteiger partial charge in [-0.2, -0.15) is 0 Å². The van der Waals surface area contributed by atoms with Gasteiger partial charge in [0, 0.05) is 5.75 Å². The molecule has 0 radical (unpaired) electrons. The number of hydrogen-bond acceptors (Lipinski definition) is 3. The third-order valence-electron chi connectivity index (χ3n) is 1.92. The predicted molar refractivity (Wildman–Crippen MR) is 63.4 cm³/mol. The number of benzene rings is 1. The highest BCUT2D eigenvalue weighted by atomic mass is 32.2. The van der Waals surface area contributed by atoms with Gasteiger partial charge in [0.05, 0.1) is 0 Å². The Morgan fingerprint density at radius 2 is 2.00 bits per heavy atom. The maximum atomic E-state index is 11.3. The quantitative estimate of drug-likeness (QED) is 0.844. The molecule has 0 bridgehead atoms. The van der Waals surface area contributed by atoms with Crippen LogP contribution in [0.3, 0.4) is 0 Å². The van der Waals surface area contributed by atoms with Crippen LogP contribution in [0.4, 0.5) is 4.79 Å². The molecule has 1 atom stereocenters. The summed E-state index contributed by atoms with van der Waals surface area (Å²) in [5.74, 6) is -0.493. The van der Waals surface area contributed by atoms with Crippen molar-refractivity contribution in [1.82, 2.24) is 5.32 Å². The van der Waals surface area contributed by atoms with Crippen LogP contribution in [-0.4, -0.2) is 22.4 Å². The molecule has 0 fully saturated rings. The van der Waals surface area contributed by atoms with Gasteiger partial charge in [-0.3, -0.25) is 9.59 Å². The van der Waals surface area contributed by atoms with Crippen molar-refractivity contribution in [3.63, 3.8) is 0 Å². The van der Waals surface area contributed by atoms with Crippen LogP contribution < -0.4 is 5.32 Å². The first-order valence-corrected chi connectivity index (χ1v) is 5.78. The van der Waals surface area contributed by atoms with Gasteiger partial charge in [-0.05, 0) is 12.5 Å². The van der Waals surface area contributed by atoms with Crippen LogP contribution in [0.25, 0.3) is 0 Å². The topological polar surface area (TPSA) is 66.4 Å². The number of amides is 1. The zero-order valence-corrected chi connectivity index (χ0v) is 9.66. The molecule has 0 saturated heterocycles. The van der Waals surface area contributed by atoms with Gasteiger partial charge in [-0.25, -0.2) is 0 Å². The summed E-state index contributed by atoms with van der Waals surface area (Å²) < 4.78 is 0. The molecular formula is C11H13NO3S. The Morgan fingerprint density at radius 1 is 1.38 bits per heavy atom. The molecular weight excluding hydrogens is 226 g/mol. The average molecular weight is 239 g/mol. The number of aliphatic carboxylic acids is 1. The maximum Gasteiger partial charge on any atom is 0.325 e. The zero-order valence-electron chi connectivity index (χ0n) is 8.84. The molecule has 0 aromatic heterocycles. The maximum absolute atomic E-state index is 11.3. The van der Waals surface area contributed by atoms with E-state index in [1.54, 1.807) is 0 Å². The van der Waals surface area contributed by atoms with Crippen LogP contribution in [0.5, 0.6) is 0 Å². The summed E-state index contributed by atoms with van der Waals surface area (Å²) in [6.07, 6.45) is 0. The zero-order chi connectivity index (χ0) is 12.0. The number of thioether (sulfide) groups is 1. The van der Waals surface area contributed by atoms with E-state index in [4.69, 9.17) is 5.11 Å². The van der Waals surface area contributed by atoms with Gasteiger partial charge < -0.3 is 10.4 Å². The van der Waals surface area contributed by atoms with E-state index in [0.717, 1.165) is 17.3 Å². The molecule has 1 rings (SSSR count). The summed E-state index contributed by atoms with van der Waals surface area (Å²) in [6, 6.07) is 8.68. The molecule has 0 heterocycles. The first-order valence-electron chi connectivity index (χ1n) is 4.79. The molecule has 5 heteroatoms. The van der Waals surface area contributed by atoms with E-state index in [2.05, 4.69) is 5.32 Å². The molecule has 1 aromatic carbocycles. The highest BCUT2D eigenvalue weighted by molar-refractivity contribution is 8.12. The second-order valence-electron chi connectivity index (χ2n) is 3.27. The largest absolute Gasteiger partial charge is 0.480 e. The molecule has 16 heavy (non-hydrogen) atoms. The van der Waals surface area contributed by atoms with Gasteiger partial charge in [0.15, 0.2) is 0 Å². The normalized spacial score (nSPS) is 11.8. The monoisotopic (exact) mass is 239 g/mol. The van der Waals surface area contributed by atoms with Crippen molar-refractivity contribution < 1.29 is 14.7 Å². The predicted octanol–water partition coefficient (Wildman–Crippen LogP) is 2.10. The van der Waals surface area contributed by atoms with E-state index in [1.807, 2.05) is 30.3 Å². The molecule has 4 nitrogen and oxygen atoms in total. The average Bonchev–Trinajstić information content (AvgIpc) is 2.27. The molecule has 0 saturated carbocycles. The minimum Gasteiger partial charge on any atom is -0.480 e. The van der Waals surface area contributed by atoms with Crippen LogP contribution >= 0.6 is 11.8 Å². The second-order valence-corrected chi connectivity index (χ2v) is 4.21. The van der Waals surface area contributed by atoms with Crippen LogP contribution in [-0.2, 0) is 10.5 Å². The van der Waals surface area contributed by atoms with Crippen LogP contribution in [0, 0.1) is 0 Å². The number of carbonyl (C=O) groups excluding carboxylic acids is 1. The Hall–Kier alpha value is -1.49. The van der Waals surface area contributed by atoms with Crippen LogP contribution in [0.2, 0.25) is 0 Å². The van der Waals surface area contributed by atoms with E-state index in [-0.39, 0.29) is 5.24 Å². The van der Waals surface area contributed by atoms with Crippen molar-refractivity contribution in [2.24, 2.45) is 0 Å². The lowest BCUT2D eigenvalue weighted by molar-refractivity contribution is -0.138. The fourth-order valence-electron chi connectivity index (χ4n) is 1.00. The Balaban J connectivity index is 2.33. The number of hydrogen-bond donors (Lipinski definition) is 2. The minimum absolute atomic E-state index is 0.321. The number of carboxylic acid groups (broad SMARTS) is 1. The number of rotatable bonds is 4. The SMILES string of the molecule is CC(NC(=O)SCc1ccccc1)C(=O)O. The van der Waals surface area contributed by atoms with E-state index < -0.39 is 12.0 Å². The van der Waals surface area contributed by atoms with Crippen LogP contribution in [0.1, 0.15) is 12.5 Å². The van der Waals surface area contributed by atoms with Gasteiger partial charge in [0.25, 0.3) is 5.24 Å². The van der Waals surface area contributed by atoms with Gasteiger partial charge in [0.1, 0.15) is 6.04 Å². The van der Waals surface area contributed by atoms with Crippen molar-refractivity contribution in [3.05, 3.63) is 35.9 Å². The van der Waals surface area contributed by atoms with E-state index in [0.29, 0.717) is 5.75 Å².